The van der Waals surface area contributed by atoms with Crippen LogP contribution in [0.25, 0.3) is 11.0 Å². The molecule has 0 saturated heterocycles. The summed E-state index contributed by atoms with van der Waals surface area (Å²) in [5.41, 5.74) is 3.39. The molecular formula is C23H32N4O4. The second kappa shape index (κ2) is 11.1. The molecule has 0 radical (unpaired) electrons. The van der Waals surface area contributed by atoms with Crippen LogP contribution in [0, 0.1) is 0 Å². The number of aromatic nitrogens is 2. The van der Waals surface area contributed by atoms with Gasteiger partial charge in [-0.25, -0.2) is 4.79 Å². The Morgan fingerprint density at radius 1 is 0.968 bits per heavy atom. The van der Waals surface area contributed by atoms with Gasteiger partial charge in [0.2, 0.25) is 0 Å². The lowest BCUT2D eigenvalue weighted by molar-refractivity contribution is 0.108. The van der Waals surface area contributed by atoms with Crippen LogP contribution in [0.4, 0.5) is 0 Å². The van der Waals surface area contributed by atoms with E-state index in [1.54, 1.807) is 23.2 Å². The standard InChI is InChI=1S/C23H32N4O4/c1-26-20-9-6-18(14-21(20)27(2)23(26)30)22(29)16-31-19-7-4-17(5-8-19)15-25-11-3-10-24-12-13-28/h4-9,14,22,24-25,28-29H,3,10-13,15-16H2,1-2H3/t22-/m0/s1. The Bertz CT molecular complexity index is 1030. The first-order chi connectivity index (χ1) is 15.0. The molecule has 1 heterocycles. The molecule has 0 spiro atoms. The minimum absolute atomic E-state index is 0.0918. The summed E-state index contributed by atoms with van der Waals surface area (Å²) in [6.45, 7) is 3.50. The zero-order chi connectivity index (χ0) is 22.2. The van der Waals surface area contributed by atoms with E-state index in [4.69, 9.17) is 9.84 Å². The molecule has 4 N–H and O–H groups in total. The minimum Gasteiger partial charge on any atom is -0.491 e. The van der Waals surface area contributed by atoms with Crippen LogP contribution in [0.3, 0.4) is 0 Å². The molecule has 0 aliphatic carbocycles. The summed E-state index contributed by atoms with van der Waals surface area (Å²) in [6.07, 6.45) is 0.211. The van der Waals surface area contributed by atoms with E-state index >= 15 is 0 Å². The van der Waals surface area contributed by atoms with Gasteiger partial charge < -0.3 is 25.6 Å². The Kier molecular flexibility index (Phi) is 8.25. The van der Waals surface area contributed by atoms with Gasteiger partial charge in [0.25, 0.3) is 0 Å². The fraction of sp³-hybridized carbons (Fsp3) is 0.435. The highest BCUT2D eigenvalue weighted by Crippen LogP contribution is 2.21. The van der Waals surface area contributed by atoms with E-state index in [-0.39, 0.29) is 18.9 Å². The van der Waals surface area contributed by atoms with Gasteiger partial charge >= 0.3 is 5.69 Å². The van der Waals surface area contributed by atoms with E-state index < -0.39 is 6.10 Å². The number of imidazole rings is 1. The highest BCUT2D eigenvalue weighted by atomic mass is 16.5. The molecule has 31 heavy (non-hydrogen) atoms. The third kappa shape index (κ3) is 5.95. The maximum absolute atomic E-state index is 12.1. The molecule has 1 atom stereocenters. The molecule has 0 amide bonds. The third-order valence-electron chi connectivity index (χ3n) is 5.34. The van der Waals surface area contributed by atoms with Crippen LogP contribution >= 0.6 is 0 Å². The molecule has 8 nitrogen and oxygen atoms in total. The summed E-state index contributed by atoms with van der Waals surface area (Å²) in [5.74, 6) is 0.698. The van der Waals surface area contributed by atoms with Crippen LogP contribution in [-0.2, 0) is 20.6 Å². The van der Waals surface area contributed by atoms with Gasteiger partial charge in [-0.3, -0.25) is 9.13 Å². The number of nitrogens with zero attached hydrogens (tertiary/aromatic N) is 2. The Morgan fingerprint density at radius 2 is 1.68 bits per heavy atom. The average Bonchev–Trinajstić information content (AvgIpc) is 3.01. The second-order valence-corrected chi connectivity index (χ2v) is 7.62. The van der Waals surface area contributed by atoms with Gasteiger partial charge in [0.15, 0.2) is 0 Å². The van der Waals surface area contributed by atoms with Crippen molar-refractivity contribution in [3.63, 3.8) is 0 Å². The first kappa shape index (κ1) is 23.0. The maximum atomic E-state index is 12.1. The Labute approximate surface area is 182 Å². The van der Waals surface area contributed by atoms with Gasteiger partial charge in [-0.05, 0) is 54.9 Å². The number of benzene rings is 2. The summed E-state index contributed by atoms with van der Waals surface area (Å²) < 4.78 is 8.92. The van der Waals surface area contributed by atoms with Crippen LogP contribution in [0.1, 0.15) is 23.7 Å². The summed E-state index contributed by atoms with van der Waals surface area (Å²) in [5, 5.41) is 25.8. The first-order valence-electron chi connectivity index (χ1n) is 10.6. The molecule has 1 aromatic heterocycles. The van der Waals surface area contributed by atoms with Gasteiger partial charge in [0.1, 0.15) is 18.5 Å². The predicted octanol–water partition coefficient (Wildman–Crippen LogP) is 1.05. The van der Waals surface area contributed by atoms with Crippen molar-refractivity contribution >= 4 is 11.0 Å². The highest BCUT2D eigenvalue weighted by Gasteiger charge is 2.13. The van der Waals surface area contributed by atoms with Crippen LogP contribution < -0.4 is 21.1 Å². The molecule has 0 bridgehead atoms. The topological polar surface area (TPSA) is 101 Å². The van der Waals surface area contributed by atoms with Gasteiger partial charge in [-0.15, -0.1) is 0 Å². The molecule has 3 rings (SSSR count). The second-order valence-electron chi connectivity index (χ2n) is 7.62. The maximum Gasteiger partial charge on any atom is 0.328 e. The number of aliphatic hydroxyl groups is 2. The SMILES string of the molecule is Cn1c(=O)n(C)c2cc([C@@H](O)COc3ccc(CNCCCNCCO)cc3)ccc21. The van der Waals surface area contributed by atoms with E-state index in [1.165, 1.54) is 0 Å². The summed E-state index contributed by atoms with van der Waals surface area (Å²) in [6, 6.07) is 13.3. The van der Waals surface area contributed by atoms with Crippen LogP contribution in [-0.4, -0.2) is 52.2 Å². The zero-order valence-electron chi connectivity index (χ0n) is 18.2. The fourth-order valence-electron chi connectivity index (χ4n) is 3.48. The zero-order valence-corrected chi connectivity index (χ0v) is 18.2. The quantitative estimate of drug-likeness (QED) is 0.322. The van der Waals surface area contributed by atoms with Gasteiger partial charge in [-0.2, -0.15) is 0 Å². The van der Waals surface area contributed by atoms with Crippen LogP contribution in [0.15, 0.2) is 47.3 Å². The van der Waals surface area contributed by atoms with E-state index in [2.05, 4.69) is 10.6 Å². The monoisotopic (exact) mass is 428 g/mol. The largest absolute Gasteiger partial charge is 0.491 e. The van der Waals surface area contributed by atoms with Crippen molar-refractivity contribution in [1.29, 1.82) is 0 Å². The van der Waals surface area contributed by atoms with Crippen molar-refractivity contribution in [2.24, 2.45) is 14.1 Å². The summed E-state index contributed by atoms with van der Waals surface area (Å²) >= 11 is 0. The predicted molar refractivity (Wildman–Crippen MR) is 121 cm³/mol. The van der Waals surface area contributed by atoms with E-state index in [0.717, 1.165) is 42.7 Å². The Balaban J connectivity index is 1.47. The van der Waals surface area contributed by atoms with Crippen molar-refractivity contribution in [3.05, 3.63) is 64.1 Å². The lowest BCUT2D eigenvalue weighted by atomic mass is 10.1. The smallest absolute Gasteiger partial charge is 0.328 e. The summed E-state index contributed by atoms with van der Waals surface area (Å²) in [4.78, 5) is 12.1. The average molecular weight is 429 g/mol. The molecule has 0 unspecified atom stereocenters. The molecule has 0 fully saturated rings. The van der Waals surface area contributed by atoms with Crippen LogP contribution in [0.5, 0.6) is 5.75 Å². The number of fused-ring (bicyclic) bond motifs is 1. The number of ether oxygens (including phenoxy) is 1. The molecule has 168 valence electrons. The van der Waals surface area contributed by atoms with Crippen molar-refractivity contribution < 1.29 is 14.9 Å². The first-order valence-corrected chi connectivity index (χ1v) is 10.6. The van der Waals surface area contributed by atoms with Crippen molar-refractivity contribution in [2.45, 2.75) is 19.1 Å². The number of nitrogens with one attached hydrogen (secondary N) is 2. The minimum atomic E-state index is -0.791. The van der Waals surface area contributed by atoms with Gasteiger partial charge in [0, 0.05) is 27.2 Å². The Morgan fingerprint density at radius 3 is 2.42 bits per heavy atom. The van der Waals surface area contributed by atoms with E-state index in [9.17, 15) is 9.90 Å². The normalized spacial score (nSPS) is 12.4. The molecule has 8 heteroatoms. The highest BCUT2D eigenvalue weighted by molar-refractivity contribution is 5.76. The Hall–Kier alpha value is -2.65. The van der Waals surface area contributed by atoms with Crippen molar-refractivity contribution in [3.8, 4) is 5.75 Å². The number of aliphatic hydroxyl groups excluding tert-OH is 2. The number of hydrogen-bond acceptors (Lipinski definition) is 6. The third-order valence-corrected chi connectivity index (χ3v) is 5.34. The number of rotatable bonds is 12. The molecule has 0 aliphatic heterocycles. The number of hydrogen-bond donors (Lipinski definition) is 4. The van der Waals surface area contributed by atoms with E-state index in [0.29, 0.717) is 17.9 Å². The molecule has 0 saturated carbocycles. The van der Waals surface area contributed by atoms with Crippen molar-refractivity contribution in [2.75, 3.05) is 32.8 Å². The lowest BCUT2D eigenvalue weighted by Crippen LogP contribution is -2.23. The molecule has 2 aromatic carbocycles. The van der Waals surface area contributed by atoms with Crippen LogP contribution in [0.2, 0.25) is 0 Å². The lowest BCUT2D eigenvalue weighted by Gasteiger charge is -2.14. The van der Waals surface area contributed by atoms with Gasteiger partial charge in [0.05, 0.1) is 17.6 Å². The number of aryl methyl sites for hydroxylation is 2. The summed E-state index contributed by atoms with van der Waals surface area (Å²) in [7, 11) is 3.46. The molecule has 3 aromatic rings. The van der Waals surface area contributed by atoms with Crippen molar-refractivity contribution in [1.82, 2.24) is 19.8 Å². The fourth-order valence-corrected chi connectivity index (χ4v) is 3.48. The molecule has 0 aliphatic rings. The van der Waals surface area contributed by atoms with Gasteiger partial charge in [-0.1, -0.05) is 18.2 Å². The molecular weight excluding hydrogens is 396 g/mol. The van der Waals surface area contributed by atoms with E-state index in [1.807, 2.05) is 42.5 Å².